The SMILES string of the molecule is CC(Cl)c1nc2cc(Cl)c(F)cc2n1CC(C)C(C)C. The maximum absolute atomic E-state index is 13.7. The quantitative estimate of drug-likeness (QED) is 0.688. The normalized spacial score (nSPS) is 15.0. The molecule has 0 fully saturated rings. The number of imidazole rings is 1. The Balaban J connectivity index is 2.59. The van der Waals surface area contributed by atoms with Crippen LogP contribution in [0.5, 0.6) is 0 Å². The lowest BCUT2D eigenvalue weighted by atomic mass is 9.98. The van der Waals surface area contributed by atoms with Crippen LogP contribution in [0.3, 0.4) is 0 Å². The van der Waals surface area contributed by atoms with Crippen molar-refractivity contribution in [3.05, 3.63) is 28.8 Å². The lowest BCUT2D eigenvalue weighted by Gasteiger charge is -2.19. The van der Waals surface area contributed by atoms with E-state index in [0.29, 0.717) is 17.4 Å². The first-order chi connectivity index (χ1) is 9.31. The van der Waals surface area contributed by atoms with E-state index in [9.17, 15) is 4.39 Å². The summed E-state index contributed by atoms with van der Waals surface area (Å²) in [5.74, 6) is 1.31. The molecular weight excluding hydrogens is 298 g/mol. The van der Waals surface area contributed by atoms with Gasteiger partial charge in [-0.2, -0.15) is 0 Å². The molecule has 1 aromatic heterocycles. The second-order valence-corrected chi connectivity index (χ2v) is 6.73. The molecule has 0 spiro atoms. The van der Waals surface area contributed by atoms with Crippen molar-refractivity contribution in [2.45, 2.75) is 39.6 Å². The Morgan fingerprint density at radius 1 is 1.25 bits per heavy atom. The molecule has 1 aromatic carbocycles. The Morgan fingerprint density at radius 3 is 2.45 bits per heavy atom. The monoisotopic (exact) mass is 316 g/mol. The molecule has 2 atom stereocenters. The van der Waals surface area contributed by atoms with Gasteiger partial charge in [-0.25, -0.2) is 9.37 Å². The van der Waals surface area contributed by atoms with Crippen LogP contribution in [0.2, 0.25) is 5.02 Å². The average molecular weight is 317 g/mol. The first-order valence-electron chi connectivity index (χ1n) is 6.80. The molecule has 0 amide bonds. The van der Waals surface area contributed by atoms with Gasteiger partial charge in [0, 0.05) is 12.6 Å². The van der Waals surface area contributed by atoms with E-state index in [-0.39, 0.29) is 10.4 Å². The molecule has 0 N–H and O–H groups in total. The van der Waals surface area contributed by atoms with Gasteiger partial charge in [-0.1, -0.05) is 32.4 Å². The van der Waals surface area contributed by atoms with E-state index in [0.717, 1.165) is 17.9 Å². The molecule has 0 aliphatic rings. The summed E-state index contributed by atoms with van der Waals surface area (Å²) in [6.07, 6.45) is 0. The van der Waals surface area contributed by atoms with Crippen LogP contribution in [0, 0.1) is 17.7 Å². The van der Waals surface area contributed by atoms with Gasteiger partial charge in [0.25, 0.3) is 0 Å². The zero-order valence-electron chi connectivity index (χ0n) is 12.1. The van der Waals surface area contributed by atoms with Crippen LogP contribution in [0.4, 0.5) is 4.39 Å². The summed E-state index contributed by atoms with van der Waals surface area (Å²) in [4.78, 5) is 4.51. The molecule has 1 heterocycles. The van der Waals surface area contributed by atoms with Gasteiger partial charge in [0.2, 0.25) is 0 Å². The molecule has 0 bridgehead atoms. The Labute approximate surface area is 128 Å². The predicted octanol–water partition coefficient (Wildman–Crippen LogP) is 5.42. The smallest absolute Gasteiger partial charge is 0.144 e. The molecule has 2 nitrogen and oxygen atoms in total. The van der Waals surface area contributed by atoms with Gasteiger partial charge in [0.1, 0.15) is 11.6 Å². The fraction of sp³-hybridized carbons (Fsp3) is 0.533. The third-order valence-electron chi connectivity index (χ3n) is 3.78. The van der Waals surface area contributed by atoms with Crippen LogP contribution in [-0.2, 0) is 6.54 Å². The second kappa shape index (κ2) is 5.90. The maximum Gasteiger partial charge on any atom is 0.144 e. The van der Waals surface area contributed by atoms with Crippen LogP contribution in [0.25, 0.3) is 11.0 Å². The minimum atomic E-state index is -0.425. The number of aromatic nitrogens is 2. The number of nitrogens with zero attached hydrogens (tertiary/aromatic N) is 2. The molecule has 2 rings (SSSR count). The largest absolute Gasteiger partial charge is 0.326 e. The number of rotatable bonds is 4. The molecule has 0 radical (unpaired) electrons. The van der Waals surface area contributed by atoms with Crippen molar-refractivity contribution in [2.24, 2.45) is 11.8 Å². The van der Waals surface area contributed by atoms with E-state index in [1.165, 1.54) is 6.07 Å². The van der Waals surface area contributed by atoms with Crippen molar-refractivity contribution in [3.63, 3.8) is 0 Å². The molecule has 20 heavy (non-hydrogen) atoms. The summed E-state index contributed by atoms with van der Waals surface area (Å²) in [6.45, 7) is 9.15. The molecule has 0 saturated heterocycles. The van der Waals surface area contributed by atoms with Crippen LogP contribution >= 0.6 is 23.2 Å². The van der Waals surface area contributed by atoms with Gasteiger partial charge in [0.05, 0.1) is 21.4 Å². The highest BCUT2D eigenvalue weighted by Crippen LogP contribution is 2.29. The zero-order chi connectivity index (χ0) is 15.0. The van der Waals surface area contributed by atoms with Crippen LogP contribution < -0.4 is 0 Å². The number of hydrogen-bond donors (Lipinski definition) is 0. The fourth-order valence-electron chi connectivity index (χ4n) is 2.13. The van der Waals surface area contributed by atoms with Gasteiger partial charge in [-0.05, 0) is 24.8 Å². The van der Waals surface area contributed by atoms with Crippen molar-refractivity contribution in [1.82, 2.24) is 9.55 Å². The highest BCUT2D eigenvalue weighted by Gasteiger charge is 2.19. The lowest BCUT2D eigenvalue weighted by Crippen LogP contribution is -2.15. The summed E-state index contributed by atoms with van der Waals surface area (Å²) >= 11 is 12.0. The molecule has 0 aliphatic carbocycles. The Morgan fingerprint density at radius 2 is 1.90 bits per heavy atom. The van der Waals surface area contributed by atoms with E-state index < -0.39 is 5.82 Å². The van der Waals surface area contributed by atoms with E-state index in [4.69, 9.17) is 23.2 Å². The van der Waals surface area contributed by atoms with Crippen molar-refractivity contribution in [3.8, 4) is 0 Å². The zero-order valence-corrected chi connectivity index (χ0v) is 13.6. The number of halogens is 3. The van der Waals surface area contributed by atoms with Crippen LogP contribution in [0.15, 0.2) is 12.1 Å². The van der Waals surface area contributed by atoms with Crippen molar-refractivity contribution < 1.29 is 4.39 Å². The Kier molecular flexibility index (Phi) is 4.60. The molecule has 0 saturated carbocycles. The highest BCUT2D eigenvalue weighted by molar-refractivity contribution is 6.31. The lowest BCUT2D eigenvalue weighted by molar-refractivity contribution is 0.364. The third kappa shape index (κ3) is 2.94. The third-order valence-corrected chi connectivity index (χ3v) is 4.27. The average Bonchev–Trinajstić information content (AvgIpc) is 2.68. The van der Waals surface area contributed by atoms with E-state index in [1.54, 1.807) is 6.07 Å². The highest BCUT2D eigenvalue weighted by atomic mass is 35.5. The standard InChI is InChI=1S/C15H19Cl2FN2/c1-8(2)9(3)7-20-14-6-12(18)11(17)5-13(14)19-15(20)10(4)16/h5-6,8-10H,7H2,1-4H3. The van der Waals surface area contributed by atoms with Crippen molar-refractivity contribution in [2.75, 3.05) is 0 Å². The predicted molar refractivity (Wildman–Crippen MR) is 83.0 cm³/mol. The molecule has 2 aromatic rings. The first-order valence-corrected chi connectivity index (χ1v) is 7.62. The molecular formula is C15H19Cl2FN2. The minimum absolute atomic E-state index is 0.0906. The second-order valence-electron chi connectivity index (χ2n) is 5.67. The van der Waals surface area contributed by atoms with Crippen LogP contribution in [0.1, 0.15) is 38.9 Å². The van der Waals surface area contributed by atoms with E-state index >= 15 is 0 Å². The van der Waals surface area contributed by atoms with Gasteiger partial charge in [-0.15, -0.1) is 11.6 Å². The summed E-state index contributed by atoms with van der Waals surface area (Å²) in [7, 11) is 0. The Hall–Kier alpha value is -0.800. The molecule has 2 unspecified atom stereocenters. The van der Waals surface area contributed by atoms with Gasteiger partial charge < -0.3 is 4.57 Å². The van der Waals surface area contributed by atoms with Gasteiger partial charge >= 0.3 is 0 Å². The molecule has 5 heteroatoms. The number of hydrogen-bond acceptors (Lipinski definition) is 1. The van der Waals surface area contributed by atoms with Crippen LogP contribution in [-0.4, -0.2) is 9.55 Å². The summed E-state index contributed by atoms with van der Waals surface area (Å²) in [5, 5.41) is -0.142. The van der Waals surface area contributed by atoms with Gasteiger partial charge in [0.15, 0.2) is 0 Å². The summed E-state index contributed by atoms with van der Waals surface area (Å²) in [5.41, 5.74) is 1.44. The van der Waals surface area contributed by atoms with E-state index in [2.05, 4.69) is 25.8 Å². The summed E-state index contributed by atoms with van der Waals surface area (Å²) < 4.78 is 15.7. The number of benzene rings is 1. The van der Waals surface area contributed by atoms with Gasteiger partial charge in [-0.3, -0.25) is 0 Å². The number of alkyl halides is 1. The van der Waals surface area contributed by atoms with Crippen molar-refractivity contribution >= 4 is 34.2 Å². The minimum Gasteiger partial charge on any atom is -0.326 e. The topological polar surface area (TPSA) is 17.8 Å². The van der Waals surface area contributed by atoms with E-state index in [1.807, 2.05) is 11.5 Å². The fourth-order valence-corrected chi connectivity index (χ4v) is 2.46. The van der Waals surface area contributed by atoms with Crippen molar-refractivity contribution in [1.29, 1.82) is 0 Å². The molecule has 110 valence electrons. The molecule has 0 aliphatic heterocycles. The first kappa shape index (κ1) is 15.6. The number of fused-ring (bicyclic) bond motifs is 1. The maximum atomic E-state index is 13.7. The Bertz CT molecular complexity index is 620. The summed E-state index contributed by atoms with van der Waals surface area (Å²) in [6, 6.07) is 3.01.